The number of nitrogens with one attached hydrogen (secondary N) is 1. The van der Waals surface area contributed by atoms with Gasteiger partial charge in [-0.2, -0.15) is 0 Å². The van der Waals surface area contributed by atoms with Gasteiger partial charge >= 0.3 is 0 Å². The van der Waals surface area contributed by atoms with Gasteiger partial charge in [0.2, 0.25) is 0 Å². The Bertz CT molecular complexity index is 778. The molecule has 0 spiro atoms. The van der Waals surface area contributed by atoms with Gasteiger partial charge in [0.1, 0.15) is 5.75 Å². The molecule has 1 aliphatic heterocycles. The van der Waals surface area contributed by atoms with Crippen LogP contribution in [0.5, 0.6) is 5.75 Å². The molecule has 6 heteroatoms. The van der Waals surface area contributed by atoms with E-state index in [2.05, 4.69) is 39.5 Å². The molecule has 0 saturated heterocycles. The zero-order chi connectivity index (χ0) is 18.4. The van der Waals surface area contributed by atoms with Gasteiger partial charge in [0, 0.05) is 31.9 Å². The van der Waals surface area contributed by atoms with Crippen molar-refractivity contribution < 1.29 is 4.74 Å². The first kappa shape index (κ1) is 18.5. The number of rotatable bonds is 6. The Morgan fingerprint density at radius 2 is 2.08 bits per heavy atom. The molecule has 3 rings (SSSR count). The molecule has 1 heterocycles. The normalized spacial score (nSPS) is 14.8. The van der Waals surface area contributed by atoms with Crippen molar-refractivity contribution in [1.82, 2.24) is 4.90 Å². The summed E-state index contributed by atoms with van der Waals surface area (Å²) >= 11 is 6.11. The van der Waals surface area contributed by atoms with Crippen molar-refractivity contribution in [1.29, 1.82) is 0 Å². The molecule has 0 fully saturated rings. The highest BCUT2D eigenvalue weighted by atomic mass is 35.5. The van der Waals surface area contributed by atoms with Crippen LogP contribution in [0.4, 0.5) is 5.69 Å². The Balaban J connectivity index is 1.43. The number of hydrogen-bond donors (Lipinski definition) is 2. The molecule has 1 aliphatic rings. The zero-order valence-electron chi connectivity index (χ0n) is 15.0. The van der Waals surface area contributed by atoms with Crippen LogP contribution in [-0.4, -0.2) is 37.6 Å². The van der Waals surface area contributed by atoms with Gasteiger partial charge in [0.15, 0.2) is 5.96 Å². The van der Waals surface area contributed by atoms with E-state index in [9.17, 15) is 0 Å². The molecular formula is C20H25ClN4O. The van der Waals surface area contributed by atoms with E-state index >= 15 is 0 Å². The second-order valence-electron chi connectivity index (χ2n) is 6.39. The molecule has 0 aliphatic carbocycles. The summed E-state index contributed by atoms with van der Waals surface area (Å²) in [4.78, 5) is 6.88. The first-order valence-electron chi connectivity index (χ1n) is 8.85. The summed E-state index contributed by atoms with van der Waals surface area (Å²) in [6, 6.07) is 14.1. The van der Waals surface area contributed by atoms with Gasteiger partial charge in [-0.05, 0) is 42.2 Å². The third-order valence-corrected chi connectivity index (χ3v) is 4.84. The van der Waals surface area contributed by atoms with E-state index in [0.29, 0.717) is 23.3 Å². The molecule has 5 nitrogen and oxygen atoms in total. The predicted molar refractivity (Wildman–Crippen MR) is 108 cm³/mol. The Morgan fingerprint density at radius 3 is 2.85 bits per heavy atom. The van der Waals surface area contributed by atoms with Crippen LogP contribution >= 0.6 is 11.6 Å². The Hall–Kier alpha value is -2.24. The van der Waals surface area contributed by atoms with Crippen LogP contribution < -0.4 is 15.8 Å². The van der Waals surface area contributed by atoms with Crippen LogP contribution in [0.1, 0.15) is 17.5 Å². The predicted octanol–water partition coefficient (Wildman–Crippen LogP) is 3.52. The number of anilines is 1. The maximum Gasteiger partial charge on any atom is 0.193 e. The highest BCUT2D eigenvalue weighted by Gasteiger charge is 2.14. The highest BCUT2D eigenvalue weighted by Crippen LogP contribution is 2.27. The average molecular weight is 373 g/mol. The van der Waals surface area contributed by atoms with E-state index in [1.807, 2.05) is 6.07 Å². The van der Waals surface area contributed by atoms with Gasteiger partial charge in [0.05, 0.1) is 12.1 Å². The number of guanidine groups is 1. The molecule has 0 radical (unpaired) electrons. The molecule has 0 aromatic heterocycles. The molecular weight excluding hydrogens is 348 g/mol. The number of nitrogens with two attached hydrogens (primary N) is 1. The van der Waals surface area contributed by atoms with Crippen LogP contribution in [0.3, 0.4) is 0 Å². The van der Waals surface area contributed by atoms with Crippen molar-refractivity contribution in [2.75, 3.05) is 32.1 Å². The number of nitrogens with zero attached hydrogens (tertiary/aromatic N) is 2. The fourth-order valence-electron chi connectivity index (χ4n) is 3.17. The molecule has 3 N–H and O–H groups in total. The molecule has 0 bridgehead atoms. The summed E-state index contributed by atoms with van der Waals surface area (Å²) in [5.41, 5.74) is 9.68. The van der Waals surface area contributed by atoms with E-state index in [4.69, 9.17) is 22.1 Å². The van der Waals surface area contributed by atoms with E-state index in [1.165, 1.54) is 11.1 Å². The zero-order valence-corrected chi connectivity index (χ0v) is 15.8. The first-order chi connectivity index (χ1) is 12.7. The summed E-state index contributed by atoms with van der Waals surface area (Å²) in [6.07, 6.45) is 2.11. The van der Waals surface area contributed by atoms with Gasteiger partial charge < -0.3 is 15.8 Å². The summed E-state index contributed by atoms with van der Waals surface area (Å²) in [7, 11) is 1.59. The number of halogens is 1. The van der Waals surface area contributed by atoms with Gasteiger partial charge in [-0.1, -0.05) is 35.9 Å². The Morgan fingerprint density at radius 1 is 1.27 bits per heavy atom. The monoisotopic (exact) mass is 372 g/mol. The number of fused-ring (bicyclic) bond motifs is 1. The van der Waals surface area contributed by atoms with Gasteiger partial charge in [-0.25, -0.2) is 0 Å². The van der Waals surface area contributed by atoms with Crippen molar-refractivity contribution in [2.24, 2.45) is 10.7 Å². The molecule has 2 aromatic rings. The maximum atomic E-state index is 6.11. The van der Waals surface area contributed by atoms with Crippen molar-refractivity contribution in [2.45, 2.75) is 19.4 Å². The van der Waals surface area contributed by atoms with Crippen LogP contribution in [0, 0.1) is 0 Å². The molecule has 26 heavy (non-hydrogen) atoms. The van der Waals surface area contributed by atoms with Crippen molar-refractivity contribution in [3.05, 3.63) is 58.6 Å². The third-order valence-electron chi connectivity index (χ3n) is 4.55. The molecule has 138 valence electrons. The fraction of sp³-hybridized carbons (Fsp3) is 0.350. The fourth-order valence-corrected chi connectivity index (χ4v) is 3.43. The van der Waals surface area contributed by atoms with Crippen molar-refractivity contribution in [3.8, 4) is 5.75 Å². The summed E-state index contributed by atoms with van der Waals surface area (Å²) in [5.74, 6) is 1.03. The SMILES string of the molecule is COc1ccc(NC(N)=NCCCN2CCc3ccccc3C2)cc1Cl. The van der Waals surface area contributed by atoms with E-state index in [0.717, 1.165) is 38.2 Å². The molecule has 0 saturated carbocycles. The van der Waals surface area contributed by atoms with Crippen LogP contribution in [-0.2, 0) is 13.0 Å². The second kappa shape index (κ2) is 8.92. The lowest BCUT2D eigenvalue weighted by Gasteiger charge is -2.28. The smallest absolute Gasteiger partial charge is 0.193 e. The lowest BCUT2D eigenvalue weighted by Crippen LogP contribution is -2.31. The van der Waals surface area contributed by atoms with E-state index in [-0.39, 0.29) is 0 Å². The minimum absolute atomic E-state index is 0.398. The molecule has 0 atom stereocenters. The quantitative estimate of drug-likeness (QED) is 0.462. The maximum absolute atomic E-state index is 6.11. The van der Waals surface area contributed by atoms with Crippen molar-refractivity contribution in [3.63, 3.8) is 0 Å². The third kappa shape index (κ3) is 4.90. The Kier molecular flexibility index (Phi) is 6.36. The van der Waals surface area contributed by atoms with Gasteiger partial charge in [0.25, 0.3) is 0 Å². The van der Waals surface area contributed by atoms with Crippen LogP contribution in [0.25, 0.3) is 0 Å². The number of hydrogen-bond acceptors (Lipinski definition) is 3. The molecule has 0 amide bonds. The van der Waals surface area contributed by atoms with Crippen LogP contribution in [0.2, 0.25) is 5.02 Å². The topological polar surface area (TPSA) is 62.9 Å². The molecule has 0 unspecified atom stereocenters. The first-order valence-corrected chi connectivity index (χ1v) is 9.23. The highest BCUT2D eigenvalue weighted by molar-refractivity contribution is 6.32. The second-order valence-corrected chi connectivity index (χ2v) is 6.80. The van der Waals surface area contributed by atoms with E-state index < -0.39 is 0 Å². The number of methoxy groups -OCH3 is 1. The summed E-state index contributed by atoms with van der Waals surface area (Å²) < 4.78 is 5.14. The average Bonchev–Trinajstić information content (AvgIpc) is 2.65. The summed E-state index contributed by atoms with van der Waals surface area (Å²) in [5, 5.41) is 3.60. The lowest BCUT2D eigenvalue weighted by atomic mass is 10.00. The lowest BCUT2D eigenvalue weighted by molar-refractivity contribution is 0.253. The standard InChI is InChI=1S/C20H25ClN4O/c1-26-19-8-7-17(13-18(19)21)24-20(22)23-10-4-11-25-12-9-15-5-2-3-6-16(15)14-25/h2-3,5-8,13H,4,9-12,14H2,1H3,(H3,22,23,24). The van der Waals surface area contributed by atoms with Crippen molar-refractivity contribution >= 4 is 23.2 Å². The summed E-state index contributed by atoms with van der Waals surface area (Å²) in [6.45, 7) is 3.86. The number of benzene rings is 2. The van der Waals surface area contributed by atoms with Gasteiger partial charge in [-0.15, -0.1) is 0 Å². The number of ether oxygens (including phenoxy) is 1. The van der Waals surface area contributed by atoms with E-state index in [1.54, 1.807) is 19.2 Å². The minimum Gasteiger partial charge on any atom is -0.495 e. The molecule has 2 aromatic carbocycles. The largest absolute Gasteiger partial charge is 0.495 e. The van der Waals surface area contributed by atoms with Crippen LogP contribution in [0.15, 0.2) is 47.5 Å². The Labute approximate surface area is 159 Å². The van der Waals surface area contributed by atoms with Gasteiger partial charge in [-0.3, -0.25) is 9.89 Å². The number of aliphatic imine (C=N–C) groups is 1. The minimum atomic E-state index is 0.398.